The molecule has 5 heteroatoms. The third kappa shape index (κ3) is 5.78. The Kier molecular flexibility index (Phi) is 9.84. The molecule has 2 aliphatic heterocycles. The molecule has 0 aromatic heterocycles. The van der Waals surface area contributed by atoms with Gasteiger partial charge in [0.05, 0.1) is 0 Å². The van der Waals surface area contributed by atoms with E-state index >= 15 is 0 Å². The Bertz CT molecular complexity index is 1410. The Morgan fingerprint density at radius 3 is 1.09 bits per heavy atom. The summed E-state index contributed by atoms with van der Waals surface area (Å²) < 4.78 is 5.59. The van der Waals surface area contributed by atoms with Crippen LogP contribution in [0.4, 0.5) is 0 Å². The predicted molar refractivity (Wildman–Crippen MR) is 204 cm³/mol. The second kappa shape index (κ2) is 12.3. The number of hydrogen-bond donors (Lipinski definition) is 0. The van der Waals surface area contributed by atoms with Crippen molar-refractivity contribution in [1.29, 1.82) is 0 Å². The first-order valence-corrected chi connectivity index (χ1v) is 28.6. The van der Waals surface area contributed by atoms with Crippen molar-refractivity contribution in [2.75, 3.05) is 0 Å². The van der Waals surface area contributed by atoms with Gasteiger partial charge in [-0.25, -0.2) is 0 Å². The first kappa shape index (κ1) is 35.3. The van der Waals surface area contributed by atoms with Crippen LogP contribution in [0.15, 0.2) is 77.6 Å². The zero-order valence-corrected chi connectivity index (χ0v) is 36.7. The molecular weight excluding hydrogens is 760 g/mol. The minimum atomic E-state index is -3.14. The molecule has 2 heterocycles. The number of allylic oxidation sites excluding steroid dienone is 4. The summed E-state index contributed by atoms with van der Waals surface area (Å²) in [7, 11) is -4.03. The maximum atomic E-state index is 2.81. The fourth-order valence-electron chi connectivity index (χ4n) is 6.92. The van der Waals surface area contributed by atoms with E-state index in [4.69, 9.17) is 0 Å². The van der Waals surface area contributed by atoms with Crippen molar-refractivity contribution in [3.63, 3.8) is 0 Å². The molecule has 0 unspecified atom stereocenters. The van der Waals surface area contributed by atoms with Gasteiger partial charge < -0.3 is 0 Å². The SMILES string of the molecule is CC1=C(C)N(C(C)C)[C](=[Pb]2[C]([Si](C)(C)C(C)(C)C)=C(c3ccccc3)C(c3ccccc3)=[C]2[Si](C)(C)C(C)(C)C)N1C(C)C. The molecule has 2 aromatic carbocycles. The predicted octanol–water partition coefficient (Wildman–Crippen LogP) is 10.9. The molecule has 0 amide bonds. The van der Waals surface area contributed by atoms with Crippen molar-refractivity contribution in [3.8, 4) is 0 Å². The summed E-state index contributed by atoms with van der Waals surface area (Å²) in [6.45, 7) is 40.6. The summed E-state index contributed by atoms with van der Waals surface area (Å²) in [6.07, 6.45) is 0. The Balaban J connectivity index is 2.43. The maximum absolute atomic E-state index is 3.14. The van der Waals surface area contributed by atoms with Gasteiger partial charge in [-0.15, -0.1) is 0 Å². The van der Waals surface area contributed by atoms with Crippen LogP contribution < -0.4 is 0 Å². The summed E-state index contributed by atoms with van der Waals surface area (Å²) in [6, 6.07) is 23.9. The quantitative estimate of drug-likeness (QED) is 0.268. The van der Waals surface area contributed by atoms with E-state index in [2.05, 4.69) is 180 Å². The second-order valence-corrected chi connectivity index (χ2v) is 39.7. The van der Waals surface area contributed by atoms with Gasteiger partial charge in [0.2, 0.25) is 0 Å². The normalized spacial score (nSPS) is 17.5. The molecule has 0 saturated carbocycles. The fraction of sp³-hybridized carbons (Fsp3) is 0.513. The van der Waals surface area contributed by atoms with Crippen molar-refractivity contribution in [2.24, 2.45) is 0 Å². The van der Waals surface area contributed by atoms with Crippen LogP contribution in [0.1, 0.15) is 94.2 Å². The van der Waals surface area contributed by atoms with Crippen LogP contribution in [0, 0.1) is 0 Å². The van der Waals surface area contributed by atoms with Gasteiger partial charge in [0.1, 0.15) is 0 Å². The van der Waals surface area contributed by atoms with E-state index in [1.165, 1.54) is 22.5 Å². The molecule has 0 aliphatic carbocycles. The molecule has 0 fully saturated rings. The molecule has 4 rings (SSSR count). The molecule has 0 atom stereocenters. The second-order valence-electron chi connectivity index (χ2n) is 16.8. The average molecular weight is 820 g/mol. The molecule has 0 bridgehead atoms. The van der Waals surface area contributed by atoms with Crippen LogP contribution in [0.5, 0.6) is 0 Å². The summed E-state index contributed by atoms with van der Waals surface area (Å²) in [5.74, 6) is 0. The van der Waals surface area contributed by atoms with Gasteiger partial charge in [0, 0.05) is 0 Å². The molecule has 0 N–H and O–H groups in total. The van der Waals surface area contributed by atoms with E-state index in [9.17, 15) is 0 Å². The molecule has 2 aliphatic rings. The topological polar surface area (TPSA) is 6.48 Å². The standard InChI is InChI=1S/C28H40Si2.C11H20N2.Pb/c1-27(2,3)29(7,8)21-25(23-17-13-11-14-18-23)26(24-19-15-12-16-20-24)22-30(9,10)28(4,5)6;1-8(2)12-7-13(9(3)4)11(6)10(12)5;/h11-20H,1-10H3;8-9H,1-6H3;. The first-order chi connectivity index (χ1) is 20.2. The van der Waals surface area contributed by atoms with Gasteiger partial charge in [-0.05, 0) is 0 Å². The summed E-state index contributed by atoms with van der Waals surface area (Å²) >= 11 is -3.14. The van der Waals surface area contributed by atoms with E-state index in [1.807, 2.05) is 5.51 Å². The third-order valence-corrected chi connectivity index (χ3v) is 50.2. The molecule has 2 nitrogen and oxygen atoms in total. The van der Waals surface area contributed by atoms with Gasteiger partial charge >= 0.3 is 283 Å². The zero-order chi connectivity index (χ0) is 33.2. The Morgan fingerprint density at radius 1 is 0.545 bits per heavy atom. The molecule has 0 saturated heterocycles. The van der Waals surface area contributed by atoms with Gasteiger partial charge in [0.25, 0.3) is 0 Å². The van der Waals surface area contributed by atoms with Crippen molar-refractivity contribution in [1.82, 2.24) is 9.80 Å². The van der Waals surface area contributed by atoms with Gasteiger partial charge in [-0.2, -0.15) is 0 Å². The number of nitrogens with zero attached hydrogens (tertiary/aromatic N) is 2. The van der Waals surface area contributed by atoms with Crippen LogP contribution in [-0.4, -0.2) is 63.6 Å². The number of rotatable bonds is 6. The monoisotopic (exact) mass is 820 g/mol. The zero-order valence-electron chi connectivity index (χ0n) is 30.8. The van der Waals surface area contributed by atoms with Crippen LogP contribution >= 0.6 is 0 Å². The Labute approximate surface area is 281 Å². The molecule has 238 valence electrons. The van der Waals surface area contributed by atoms with E-state index < -0.39 is 38.4 Å². The van der Waals surface area contributed by atoms with E-state index in [0.29, 0.717) is 12.1 Å². The Morgan fingerprint density at radius 2 is 0.841 bits per heavy atom. The van der Waals surface area contributed by atoms with Gasteiger partial charge in [-0.3, -0.25) is 0 Å². The molecule has 2 aromatic rings. The first-order valence-electron chi connectivity index (χ1n) is 16.8. The van der Waals surface area contributed by atoms with E-state index in [1.54, 1.807) is 14.4 Å². The van der Waals surface area contributed by atoms with Crippen LogP contribution in [-0.2, 0) is 0 Å². The number of benzene rings is 2. The van der Waals surface area contributed by atoms with Crippen LogP contribution in [0.3, 0.4) is 0 Å². The van der Waals surface area contributed by atoms with Crippen LogP contribution in [0.25, 0.3) is 11.1 Å². The van der Waals surface area contributed by atoms with Gasteiger partial charge in [0.15, 0.2) is 0 Å². The van der Waals surface area contributed by atoms with Crippen molar-refractivity contribution in [2.45, 2.75) is 131 Å². The molecule has 0 radical (unpaired) electrons. The molecule has 44 heavy (non-hydrogen) atoms. The summed E-state index contributed by atoms with van der Waals surface area (Å²) in [5.41, 5.74) is 9.00. The van der Waals surface area contributed by atoms with Crippen molar-refractivity contribution in [3.05, 3.63) is 88.7 Å². The third-order valence-electron chi connectivity index (χ3n) is 11.3. The fourth-order valence-corrected chi connectivity index (χ4v) is 52.0. The van der Waals surface area contributed by atoms with Crippen LogP contribution in [0.2, 0.25) is 36.3 Å². The molecule has 0 spiro atoms. The minimum absolute atomic E-state index is 0.227. The molecular formula is C39H60N2PbSi2. The summed E-state index contributed by atoms with van der Waals surface area (Å²) in [5, 5.41) is 0.454. The van der Waals surface area contributed by atoms with Crippen molar-refractivity contribution < 1.29 is 0 Å². The number of hydrogen-bond acceptors (Lipinski definition) is 2. The summed E-state index contributed by atoms with van der Waals surface area (Å²) in [4.78, 5) is 5.63. The van der Waals surface area contributed by atoms with Crippen molar-refractivity contribution >= 4 is 52.8 Å². The van der Waals surface area contributed by atoms with Gasteiger partial charge in [-0.1, -0.05) is 0 Å². The van der Waals surface area contributed by atoms with E-state index in [-0.39, 0.29) is 10.1 Å². The Hall–Kier alpha value is -1.51. The van der Waals surface area contributed by atoms with E-state index in [0.717, 1.165) is 0 Å². The average Bonchev–Trinajstić information content (AvgIpc) is 3.41.